The molecule has 2 rings (SSSR count). The number of ether oxygens (including phenoxy) is 1. The molecule has 0 radical (unpaired) electrons. The highest BCUT2D eigenvalue weighted by atomic mass is 127. The summed E-state index contributed by atoms with van der Waals surface area (Å²) in [5.74, 6) is 1.74. The Morgan fingerprint density at radius 3 is 2.68 bits per heavy atom. The minimum Gasteiger partial charge on any atom is -0.493 e. The lowest BCUT2D eigenvalue weighted by Gasteiger charge is -2.13. The highest BCUT2D eigenvalue weighted by Crippen LogP contribution is 2.37. The molecular formula is C16H14ClIO3S. The molecule has 3 nitrogen and oxygen atoms in total. The number of alkyl halides is 1. The number of hydrogen-bond donors (Lipinski definition) is 0. The Hall–Kier alpha value is -0.920. The molecule has 0 saturated carbocycles. The lowest BCUT2D eigenvalue weighted by Crippen LogP contribution is -1.98. The van der Waals surface area contributed by atoms with E-state index in [1.54, 1.807) is 19.2 Å². The summed E-state index contributed by atoms with van der Waals surface area (Å²) in [5.41, 5.74) is 1.61. The van der Waals surface area contributed by atoms with Crippen LogP contribution in [0.2, 0.25) is 0 Å². The standard InChI is InChI=1S/C16H14ClIO3S/c1-20-15-8-11(9-19)7-14(18)16(15)21-22-10-13(17)12-5-3-2-4-6-12/h2-9,13H,10H2,1H3. The maximum Gasteiger partial charge on any atom is 0.192 e. The van der Waals surface area contributed by atoms with Crippen LogP contribution in [0, 0.1) is 3.57 Å². The summed E-state index contributed by atoms with van der Waals surface area (Å²) in [6.07, 6.45) is 0.784. The second kappa shape index (κ2) is 8.64. The topological polar surface area (TPSA) is 35.5 Å². The maximum atomic E-state index is 10.9. The number of rotatable bonds is 7. The van der Waals surface area contributed by atoms with Crippen molar-refractivity contribution >= 4 is 52.5 Å². The van der Waals surface area contributed by atoms with Crippen LogP contribution in [0.15, 0.2) is 42.5 Å². The van der Waals surface area contributed by atoms with Crippen molar-refractivity contribution in [1.82, 2.24) is 0 Å². The molecule has 1 atom stereocenters. The Bertz CT molecular complexity index is 637. The van der Waals surface area contributed by atoms with Gasteiger partial charge in [-0.25, -0.2) is 0 Å². The summed E-state index contributed by atoms with van der Waals surface area (Å²) in [7, 11) is 1.55. The molecule has 6 heteroatoms. The van der Waals surface area contributed by atoms with Gasteiger partial charge in [0.1, 0.15) is 6.29 Å². The summed E-state index contributed by atoms with van der Waals surface area (Å²) >= 11 is 9.73. The zero-order chi connectivity index (χ0) is 15.9. The van der Waals surface area contributed by atoms with E-state index >= 15 is 0 Å². The fourth-order valence-electron chi connectivity index (χ4n) is 1.80. The average Bonchev–Trinajstić information content (AvgIpc) is 2.56. The molecule has 0 spiro atoms. The third kappa shape index (κ3) is 4.54. The van der Waals surface area contributed by atoms with Gasteiger partial charge in [0.15, 0.2) is 11.5 Å². The minimum absolute atomic E-state index is 0.135. The molecule has 0 bridgehead atoms. The quantitative estimate of drug-likeness (QED) is 0.255. The van der Waals surface area contributed by atoms with Crippen LogP contribution in [-0.2, 0) is 0 Å². The smallest absolute Gasteiger partial charge is 0.192 e. The lowest BCUT2D eigenvalue weighted by atomic mass is 10.2. The Labute approximate surface area is 152 Å². The van der Waals surface area contributed by atoms with E-state index in [9.17, 15) is 4.79 Å². The summed E-state index contributed by atoms with van der Waals surface area (Å²) < 4.78 is 11.8. The predicted octanol–water partition coefficient (Wildman–Crippen LogP) is 5.12. The molecule has 0 saturated heterocycles. The first kappa shape index (κ1) is 17.4. The molecule has 0 N–H and O–H groups in total. The number of carbonyl (C=O) groups is 1. The van der Waals surface area contributed by atoms with E-state index in [1.807, 2.05) is 30.3 Å². The van der Waals surface area contributed by atoms with Gasteiger partial charge < -0.3 is 8.92 Å². The third-order valence-corrected chi connectivity index (χ3v) is 5.05. The Morgan fingerprint density at radius 2 is 2.05 bits per heavy atom. The van der Waals surface area contributed by atoms with Gasteiger partial charge in [-0.2, -0.15) is 0 Å². The predicted molar refractivity (Wildman–Crippen MR) is 99.2 cm³/mol. The molecule has 0 amide bonds. The first-order valence-electron chi connectivity index (χ1n) is 6.47. The van der Waals surface area contributed by atoms with Crippen LogP contribution in [-0.4, -0.2) is 19.1 Å². The van der Waals surface area contributed by atoms with Crippen LogP contribution >= 0.6 is 46.2 Å². The van der Waals surface area contributed by atoms with E-state index in [4.69, 9.17) is 20.5 Å². The molecule has 0 aliphatic heterocycles. The van der Waals surface area contributed by atoms with Gasteiger partial charge in [-0.1, -0.05) is 30.3 Å². The van der Waals surface area contributed by atoms with Crippen LogP contribution in [0.3, 0.4) is 0 Å². The molecule has 2 aromatic carbocycles. The van der Waals surface area contributed by atoms with Crippen molar-refractivity contribution in [3.8, 4) is 11.5 Å². The van der Waals surface area contributed by atoms with E-state index in [1.165, 1.54) is 12.0 Å². The second-order valence-corrected chi connectivity index (χ2v) is 6.82. The van der Waals surface area contributed by atoms with Gasteiger partial charge in [0.05, 0.1) is 33.9 Å². The number of aldehydes is 1. The Kier molecular flexibility index (Phi) is 6.85. The van der Waals surface area contributed by atoms with E-state index in [0.717, 1.165) is 15.4 Å². The molecule has 0 aliphatic carbocycles. The van der Waals surface area contributed by atoms with Crippen molar-refractivity contribution in [2.75, 3.05) is 12.9 Å². The largest absolute Gasteiger partial charge is 0.493 e. The van der Waals surface area contributed by atoms with E-state index < -0.39 is 0 Å². The fraction of sp³-hybridized carbons (Fsp3) is 0.188. The molecule has 0 aliphatic rings. The average molecular weight is 449 g/mol. The summed E-state index contributed by atoms with van der Waals surface area (Å²) in [5, 5.41) is -0.135. The number of halogens is 2. The molecule has 1 unspecified atom stereocenters. The number of hydrogen-bond acceptors (Lipinski definition) is 4. The zero-order valence-electron chi connectivity index (χ0n) is 11.8. The summed E-state index contributed by atoms with van der Waals surface area (Å²) in [6.45, 7) is 0. The fourth-order valence-corrected chi connectivity index (χ4v) is 3.65. The van der Waals surface area contributed by atoms with Gasteiger partial charge in [-0.3, -0.25) is 4.79 Å². The van der Waals surface area contributed by atoms with Crippen LogP contribution in [0.25, 0.3) is 0 Å². The van der Waals surface area contributed by atoms with Gasteiger partial charge in [0.25, 0.3) is 0 Å². The highest BCUT2D eigenvalue weighted by molar-refractivity contribution is 14.1. The number of benzene rings is 2. The van der Waals surface area contributed by atoms with Gasteiger partial charge in [0.2, 0.25) is 0 Å². The molecule has 0 aromatic heterocycles. The minimum atomic E-state index is -0.135. The van der Waals surface area contributed by atoms with Crippen molar-refractivity contribution in [3.63, 3.8) is 0 Å². The van der Waals surface area contributed by atoms with E-state index in [2.05, 4.69) is 22.6 Å². The van der Waals surface area contributed by atoms with Crippen LogP contribution < -0.4 is 8.92 Å². The van der Waals surface area contributed by atoms with Crippen molar-refractivity contribution in [3.05, 3.63) is 57.2 Å². The Morgan fingerprint density at radius 1 is 1.32 bits per heavy atom. The number of methoxy groups -OCH3 is 1. The molecular weight excluding hydrogens is 435 g/mol. The summed E-state index contributed by atoms with van der Waals surface area (Å²) in [4.78, 5) is 10.9. The molecule has 2 aromatic rings. The third-order valence-electron chi connectivity index (χ3n) is 2.91. The Balaban J connectivity index is 2.01. The first-order chi connectivity index (χ1) is 10.7. The molecule has 0 heterocycles. The van der Waals surface area contributed by atoms with Crippen molar-refractivity contribution in [1.29, 1.82) is 0 Å². The van der Waals surface area contributed by atoms with Crippen molar-refractivity contribution < 1.29 is 13.7 Å². The van der Waals surface area contributed by atoms with Crippen LogP contribution in [0.5, 0.6) is 11.5 Å². The summed E-state index contributed by atoms with van der Waals surface area (Å²) in [6, 6.07) is 13.3. The van der Waals surface area contributed by atoms with Gasteiger partial charge in [0, 0.05) is 5.56 Å². The van der Waals surface area contributed by atoms with Crippen LogP contribution in [0.4, 0.5) is 0 Å². The van der Waals surface area contributed by atoms with E-state index in [-0.39, 0.29) is 5.38 Å². The van der Waals surface area contributed by atoms with Gasteiger partial charge >= 0.3 is 0 Å². The van der Waals surface area contributed by atoms with Gasteiger partial charge in [-0.15, -0.1) is 11.6 Å². The molecule has 0 fully saturated rings. The van der Waals surface area contributed by atoms with Crippen molar-refractivity contribution in [2.45, 2.75) is 5.38 Å². The monoisotopic (exact) mass is 448 g/mol. The first-order valence-corrected chi connectivity index (χ1v) is 8.89. The molecule has 116 valence electrons. The van der Waals surface area contributed by atoms with E-state index in [0.29, 0.717) is 22.8 Å². The number of carbonyl (C=O) groups excluding carboxylic acids is 1. The zero-order valence-corrected chi connectivity index (χ0v) is 15.5. The normalized spacial score (nSPS) is 11.8. The maximum absolute atomic E-state index is 10.9. The SMILES string of the molecule is COc1cc(C=O)cc(I)c1OSCC(Cl)c1ccccc1. The lowest BCUT2D eigenvalue weighted by molar-refractivity contribution is 0.112. The molecule has 22 heavy (non-hydrogen) atoms. The van der Waals surface area contributed by atoms with Crippen LogP contribution in [0.1, 0.15) is 21.3 Å². The highest BCUT2D eigenvalue weighted by Gasteiger charge is 2.14. The van der Waals surface area contributed by atoms with Crippen molar-refractivity contribution in [2.24, 2.45) is 0 Å². The van der Waals surface area contributed by atoms with Gasteiger partial charge in [-0.05, 0) is 40.3 Å². The second-order valence-electron chi connectivity index (χ2n) is 4.40.